The van der Waals surface area contributed by atoms with Gasteiger partial charge < -0.3 is 14.2 Å². The minimum Gasteiger partial charge on any atom is -0.490 e. The standard InChI is InChI=1S/C28H33F9O3/c1-3-13-38-18-6-8-19-17(16-18)5-7-21-20(19)11-12-24(2)22(21)9-10-23(24)39-14-4-15-40-25(26(29,30)31,27(32,33)34)28(35,36)37/h3,6,8,16,20-23H,1,4-5,7,9-15H2,2H3/t20-,21-,22+,23+,24+/m1/s1. The molecule has 0 aromatic heterocycles. The number of halogens is 9. The minimum absolute atomic E-state index is 0.236. The molecular formula is C28H33F9O3. The predicted molar refractivity (Wildman–Crippen MR) is 128 cm³/mol. The summed E-state index contributed by atoms with van der Waals surface area (Å²) < 4.78 is 133. The van der Waals surface area contributed by atoms with Crippen molar-refractivity contribution in [3.63, 3.8) is 0 Å². The van der Waals surface area contributed by atoms with Crippen LogP contribution in [-0.4, -0.2) is 50.1 Å². The Morgan fingerprint density at radius 2 is 1.60 bits per heavy atom. The Morgan fingerprint density at radius 3 is 2.23 bits per heavy atom. The zero-order valence-electron chi connectivity index (χ0n) is 22.0. The summed E-state index contributed by atoms with van der Waals surface area (Å²) in [7, 11) is 0. The number of aryl methyl sites for hydroxylation is 1. The lowest BCUT2D eigenvalue weighted by molar-refractivity contribution is -0.457. The van der Waals surface area contributed by atoms with Crippen LogP contribution in [0.15, 0.2) is 30.9 Å². The van der Waals surface area contributed by atoms with Gasteiger partial charge in [0.05, 0.1) is 12.7 Å². The molecule has 0 radical (unpaired) electrons. The first-order chi connectivity index (χ1) is 18.6. The average molecular weight is 589 g/mol. The molecule has 0 aliphatic heterocycles. The summed E-state index contributed by atoms with van der Waals surface area (Å²) in [5.41, 5.74) is -3.90. The number of ether oxygens (including phenoxy) is 3. The monoisotopic (exact) mass is 588 g/mol. The van der Waals surface area contributed by atoms with E-state index in [-0.39, 0.29) is 18.1 Å². The number of alkyl halides is 9. The first-order valence-corrected chi connectivity index (χ1v) is 13.4. The van der Waals surface area contributed by atoms with Crippen LogP contribution in [0.3, 0.4) is 0 Å². The predicted octanol–water partition coefficient (Wildman–Crippen LogP) is 8.33. The van der Waals surface area contributed by atoms with Crippen molar-refractivity contribution in [3.8, 4) is 5.75 Å². The molecule has 0 amide bonds. The largest absolute Gasteiger partial charge is 0.490 e. The molecule has 0 saturated heterocycles. The Kier molecular flexibility index (Phi) is 8.55. The number of hydrogen-bond acceptors (Lipinski definition) is 3. The molecule has 0 bridgehead atoms. The summed E-state index contributed by atoms with van der Waals surface area (Å²) in [6, 6.07) is 6.17. The summed E-state index contributed by atoms with van der Waals surface area (Å²) in [5.74, 6) is 1.91. The maximum Gasteiger partial charge on any atom is 0.435 e. The fraction of sp³-hybridized carbons (Fsp3) is 0.714. The van der Waals surface area contributed by atoms with Crippen LogP contribution in [0.1, 0.15) is 62.5 Å². The van der Waals surface area contributed by atoms with Gasteiger partial charge in [0, 0.05) is 6.61 Å². The molecule has 0 unspecified atom stereocenters. The summed E-state index contributed by atoms with van der Waals surface area (Å²) >= 11 is 0. The first-order valence-electron chi connectivity index (χ1n) is 13.4. The summed E-state index contributed by atoms with van der Waals surface area (Å²) in [5, 5.41) is 0. The van der Waals surface area contributed by atoms with Crippen molar-refractivity contribution in [2.75, 3.05) is 19.8 Å². The normalized spacial score (nSPS) is 28.9. The highest BCUT2D eigenvalue weighted by Gasteiger charge is 2.85. The molecule has 0 N–H and O–H groups in total. The van der Waals surface area contributed by atoms with Crippen molar-refractivity contribution in [2.24, 2.45) is 17.3 Å². The average Bonchev–Trinajstić information content (AvgIpc) is 3.18. The molecule has 3 aliphatic rings. The molecule has 3 aliphatic carbocycles. The lowest BCUT2D eigenvalue weighted by Gasteiger charge is -2.50. The van der Waals surface area contributed by atoms with E-state index in [1.54, 1.807) is 6.08 Å². The van der Waals surface area contributed by atoms with E-state index in [2.05, 4.69) is 30.4 Å². The third kappa shape index (κ3) is 5.34. The van der Waals surface area contributed by atoms with Crippen molar-refractivity contribution in [1.29, 1.82) is 0 Å². The van der Waals surface area contributed by atoms with Gasteiger partial charge in [0.2, 0.25) is 0 Å². The second-order valence-corrected chi connectivity index (χ2v) is 11.2. The highest BCUT2D eigenvalue weighted by molar-refractivity contribution is 5.40. The van der Waals surface area contributed by atoms with Crippen LogP contribution in [0.4, 0.5) is 39.5 Å². The van der Waals surface area contributed by atoms with Crippen molar-refractivity contribution >= 4 is 0 Å². The van der Waals surface area contributed by atoms with E-state index in [1.165, 1.54) is 11.1 Å². The Balaban J connectivity index is 1.36. The molecule has 1 aromatic carbocycles. The molecule has 226 valence electrons. The van der Waals surface area contributed by atoms with E-state index >= 15 is 0 Å². The quantitative estimate of drug-likeness (QED) is 0.165. The maximum absolute atomic E-state index is 13.0. The van der Waals surface area contributed by atoms with E-state index in [4.69, 9.17) is 9.47 Å². The van der Waals surface area contributed by atoms with Crippen LogP contribution in [-0.2, 0) is 15.9 Å². The highest BCUT2D eigenvalue weighted by Crippen LogP contribution is 2.62. The van der Waals surface area contributed by atoms with Gasteiger partial charge in [-0.2, -0.15) is 39.5 Å². The first kappa shape index (κ1) is 31.0. The van der Waals surface area contributed by atoms with Gasteiger partial charge >= 0.3 is 24.1 Å². The second-order valence-electron chi connectivity index (χ2n) is 11.2. The number of fused-ring (bicyclic) bond motifs is 5. The number of hydrogen-bond donors (Lipinski definition) is 0. The fourth-order valence-corrected chi connectivity index (χ4v) is 7.27. The summed E-state index contributed by atoms with van der Waals surface area (Å²) in [6.07, 6.45) is -14.2. The van der Waals surface area contributed by atoms with E-state index in [1.807, 2.05) is 6.07 Å². The van der Waals surface area contributed by atoms with Crippen LogP contribution >= 0.6 is 0 Å². The minimum atomic E-state index is -6.73. The third-order valence-electron chi connectivity index (χ3n) is 9.10. The SMILES string of the molecule is C=CCOc1ccc2c(c1)CC[C@@H]1[C@@H]2CC[C@]2(C)[C@@H](OCCCOC(C(F)(F)F)(C(F)(F)F)C(F)(F)F)CC[C@@H]12. The van der Waals surface area contributed by atoms with Gasteiger partial charge in [-0.05, 0) is 91.4 Å². The van der Waals surface area contributed by atoms with Gasteiger partial charge in [-0.25, -0.2) is 0 Å². The highest BCUT2D eigenvalue weighted by atomic mass is 19.4. The number of benzene rings is 1. The van der Waals surface area contributed by atoms with Gasteiger partial charge in [-0.1, -0.05) is 25.6 Å². The summed E-state index contributed by atoms with van der Waals surface area (Å²) in [6.45, 7) is 4.47. The van der Waals surface area contributed by atoms with Gasteiger partial charge in [0.15, 0.2) is 0 Å². The van der Waals surface area contributed by atoms with Crippen LogP contribution in [0.2, 0.25) is 0 Å². The lowest BCUT2D eigenvalue weighted by atomic mass is 9.55. The van der Waals surface area contributed by atoms with Gasteiger partial charge in [-0.15, -0.1) is 0 Å². The van der Waals surface area contributed by atoms with Crippen molar-refractivity contribution < 1.29 is 53.7 Å². The topological polar surface area (TPSA) is 27.7 Å². The second kappa shape index (κ2) is 11.0. The van der Waals surface area contributed by atoms with Crippen LogP contribution in [0, 0.1) is 17.3 Å². The third-order valence-corrected chi connectivity index (χ3v) is 9.10. The molecule has 12 heteroatoms. The molecule has 2 fully saturated rings. The van der Waals surface area contributed by atoms with Crippen molar-refractivity contribution in [1.82, 2.24) is 0 Å². The summed E-state index contributed by atoms with van der Waals surface area (Å²) in [4.78, 5) is 0. The molecule has 5 atom stereocenters. The van der Waals surface area contributed by atoms with E-state index in [9.17, 15) is 39.5 Å². The molecule has 3 nitrogen and oxygen atoms in total. The molecular weight excluding hydrogens is 555 g/mol. The fourth-order valence-electron chi connectivity index (χ4n) is 7.27. The van der Waals surface area contributed by atoms with Crippen LogP contribution in [0.25, 0.3) is 0 Å². The molecule has 0 spiro atoms. The van der Waals surface area contributed by atoms with Crippen molar-refractivity contribution in [2.45, 2.75) is 88.0 Å². The molecule has 0 heterocycles. The maximum atomic E-state index is 13.0. The van der Waals surface area contributed by atoms with Crippen LogP contribution < -0.4 is 4.74 Å². The van der Waals surface area contributed by atoms with Gasteiger partial charge in [0.1, 0.15) is 12.4 Å². The van der Waals surface area contributed by atoms with Gasteiger partial charge in [-0.3, -0.25) is 0 Å². The van der Waals surface area contributed by atoms with Gasteiger partial charge in [0.25, 0.3) is 0 Å². The van der Waals surface area contributed by atoms with Crippen molar-refractivity contribution in [3.05, 3.63) is 42.0 Å². The number of rotatable bonds is 9. The Hall–Kier alpha value is -1.95. The Labute approximate surface area is 227 Å². The molecule has 40 heavy (non-hydrogen) atoms. The molecule has 1 aromatic rings. The van der Waals surface area contributed by atoms with E-state index in [0.29, 0.717) is 30.8 Å². The lowest BCUT2D eigenvalue weighted by Crippen LogP contribution is -2.67. The van der Waals surface area contributed by atoms with E-state index < -0.39 is 37.2 Å². The Morgan fingerprint density at radius 1 is 0.925 bits per heavy atom. The molecule has 2 saturated carbocycles. The zero-order valence-corrected chi connectivity index (χ0v) is 22.0. The Bertz CT molecular complexity index is 1010. The smallest absolute Gasteiger partial charge is 0.435 e. The van der Waals surface area contributed by atoms with Crippen LogP contribution in [0.5, 0.6) is 5.75 Å². The van der Waals surface area contributed by atoms with E-state index in [0.717, 1.165) is 37.9 Å². The molecule has 4 rings (SSSR count). The zero-order chi connectivity index (χ0) is 29.6.